The predicted octanol–water partition coefficient (Wildman–Crippen LogP) is 4.67. The van der Waals surface area contributed by atoms with Crippen molar-refractivity contribution in [3.05, 3.63) is 49.6 Å². The molecule has 0 radical (unpaired) electrons. The molecule has 6 nitrogen and oxygen atoms in total. The van der Waals surface area contributed by atoms with Crippen LogP contribution in [0.1, 0.15) is 38.5 Å². The van der Waals surface area contributed by atoms with Crippen molar-refractivity contribution in [3.8, 4) is 0 Å². The monoisotopic (exact) mass is 472 g/mol. The van der Waals surface area contributed by atoms with Crippen LogP contribution in [-0.2, 0) is 28.5 Å². The molecule has 0 heterocycles. The third-order valence-electron chi connectivity index (χ3n) is 7.84. The maximum Gasteiger partial charge on any atom is 0.335 e. The Kier molecular flexibility index (Phi) is 10.1. The molecular weight excluding hydrogens is 432 g/mol. The van der Waals surface area contributed by atoms with Gasteiger partial charge in [-0.15, -0.1) is 13.2 Å². The highest BCUT2D eigenvalue weighted by atomic mass is 16.5. The van der Waals surface area contributed by atoms with Gasteiger partial charge in [-0.25, -0.2) is 9.59 Å². The minimum absolute atomic E-state index is 0.171. The van der Waals surface area contributed by atoms with E-state index < -0.39 is 0 Å². The number of rotatable bonds is 16. The zero-order valence-corrected chi connectivity index (χ0v) is 20.4. The molecule has 188 valence electrons. The molecule has 0 spiro atoms. The summed E-state index contributed by atoms with van der Waals surface area (Å²) >= 11 is 0. The van der Waals surface area contributed by atoms with Crippen LogP contribution in [0.15, 0.2) is 49.6 Å². The lowest BCUT2D eigenvalue weighted by atomic mass is 9.71. The first kappa shape index (κ1) is 26.4. The molecule has 2 bridgehead atoms. The molecule has 3 rings (SSSR count). The molecule has 3 aliphatic rings. The number of carbonyl (C=O) groups is 2. The number of esters is 2. The van der Waals surface area contributed by atoms with Gasteiger partial charge < -0.3 is 18.9 Å². The number of fused-ring (bicyclic) bond motifs is 5. The van der Waals surface area contributed by atoms with Gasteiger partial charge in [-0.2, -0.15) is 0 Å². The van der Waals surface area contributed by atoms with E-state index in [1.165, 1.54) is 25.7 Å². The molecule has 0 aliphatic heterocycles. The van der Waals surface area contributed by atoms with Gasteiger partial charge in [-0.1, -0.05) is 25.3 Å². The summed E-state index contributed by atoms with van der Waals surface area (Å²) < 4.78 is 21.5. The van der Waals surface area contributed by atoms with Crippen LogP contribution in [0.2, 0.25) is 0 Å². The van der Waals surface area contributed by atoms with E-state index in [-0.39, 0.29) is 25.2 Å². The second-order valence-corrected chi connectivity index (χ2v) is 9.90. The summed E-state index contributed by atoms with van der Waals surface area (Å²) in [5.41, 5.74) is 0.686. The Morgan fingerprint density at radius 3 is 1.88 bits per heavy atom. The van der Waals surface area contributed by atoms with E-state index in [4.69, 9.17) is 18.9 Å². The van der Waals surface area contributed by atoms with E-state index in [0.29, 0.717) is 61.2 Å². The predicted molar refractivity (Wildman–Crippen MR) is 131 cm³/mol. The van der Waals surface area contributed by atoms with Crippen molar-refractivity contribution >= 4 is 11.9 Å². The molecule has 0 saturated heterocycles. The molecule has 0 aromatic heterocycles. The van der Waals surface area contributed by atoms with Gasteiger partial charge >= 0.3 is 11.9 Å². The lowest BCUT2D eigenvalue weighted by Gasteiger charge is -2.34. The van der Waals surface area contributed by atoms with E-state index in [2.05, 4.69) is 26.3 Å². The van der Waals surface area contributed by atoms with Crippen LogP contribution in [0.5, 0.6) is 0 Å². The van der Waals surface area contributed by atoms with Gasteiger partial charge in [-0.05, 0) is 74.0 Å². The van der Waals surface area contributed by atoms with Crippen LogP contribution in [0, 0.1) is 35.5 Å². The Morgan fingerprint density at radius 2 is 1.32 bits per heavy atom. The third kappa shape index (κ3) is 6.70. The van der Waals surface area contributed by atoms with E-state index in [9.17, 15) is 9.59 Å². The van der Waals surface area contributed by atoms with Crippen LogP contribution in [0.3, 0.4) is 0 Å². The quantitative estimate of drug-likeness (QED) is 0.141. The number of carbonyl (C=O) groups excluding carboxylic acids is 2. The number of hydrogen-bond donors (Lipinski definition) is 0. The number of hydrogen-bond acceptors (Lipinski definition) is 6. The Bertz CT molecular complexity index is 771. The molecule has 3 aliphatic carbocycles. The van der Waals surface area contributed by atoms with Crippen molar-refractivity contribution in [2.24, 2.45) is 35.5 Å². The van der Waals surface area contributed by atoms with Gasteiger partial charge in [0.1, 0.15) is 0 Å². The van der Waals surface area contributed by atoms with Crippen molar-refractivity contribution in [3.63, 3.8) is 0 Å². The maximum absolute atomic E-state index is 12.1. The molecule has 6 atom stereocenters. The first-order valence-electron chi connectivity index (χ1n) is 12.5. The van der Waals surface area contributed by atoms with Gasteiger partial charge in [0.25, 0.3) is 0 Å². The fourth-order valence-electron chi connectivity index (χ4n) is 6.51. The Balaban J connectivity index is 1.39. The largest absolute Gasteiger partial charge is 0.462 e. The molecule has 3 fully saturated rings. The smallest absolute Gasteiger partial charge is 0.335 e. The van der Waals surface area contributed by atoms with Crippen LogP contribution in [0.4, 0.5) is 0 Å². The van der Waals surface area contributed by atoms with Gasteiger partial charge in [0.05, 0.1) is 50.8 Å². The van der Waals surface area contributed by atoms with Crippen LogP contribution in [0.25, 0.3) is 0 Å². The summed E-state index contributed by atoms with van der Waals surface area (Å²) in [6.07, 6.45) is 10.1. The molecule has 0 N–H and O–H groups in total. The fraction of sp³-hybridized carbons (Fsp3) is 0.643. The molecule has 3 saturated carbocycles. The van der Waals surface area contributed by atoms with E-state index in [1.54, 1.807) is 12.2 Å². The van der Waals surface area contributed by atoms with Crippen LogP contribution in [-0.4, -0.2) is 51.6 Å². The van der Waals surface area contributed by atoms with Crippen molar-refractivity contribution < 1.29 is 28.5 Å². The molecule has 0 amide bonds. The summed E-state index contributed by atoms with van der Waals surface area (Å²) in [5.74, 6) is 3.48. The highest BCUT2D eigenvalue weighted by Crippen LogP contribution is 2.63. The zero-order chi connectivity index (χ0) is 24.5. The summed E-state index contributed by atoms with van der Waals surface area (Å²) in [4.78, 5) is 24.2. The maximum atomic E-state index is 12.1. The number of ether oxygens (including phenoxy) is 4. The third-order valence-corrected chi connectivity index (χ3v) is 7.84. The molecule has 6 unspecified atom stereocenters. The van der Waals surface area contributed by atoms with Gasteiger partial charge in [-0.3, -0.25) is 0 Å². The second kappa shape index (κ2) is 13.1. The highest BCUT2D eigenvalue weighted by Gasteiger charge is 2.56. The lowest BCUT2D eigenvalue weighted by molar-refractivity contribution is -0.141. The highest BCUT2D eigenvalue weighted by molar-refractivity contribution is 5.88. The Hall–Kier alpha value is -2.18. The minimum Gasteiger partial charge on any atom is -0.462 e. The van der Waals surface area contributed by atoms with Gasteiger partial charge in [0.2, 0.25) is 0 Å². The summed E-state index contributed by atoms with van der Waals surface area (Å²) in [5, 5.41) is 0. The molecule has 0 aromatic carbocycles. The van der Waals surface area contributed by atoms with E-state index in [1.807, 2.05) is 0 Å². The van der Waals surface area contributed by atoms with Gasteiger partial charge in [0, 0.05) is 0 Å². The molecule has 0 aromatic rings. The zero-order valence-electron chi connectivity index (χ0n) is 20.4. The summed E-state index contributed by atoms with van der Waals surface area (Å²) in [6.45, 7) is 16.7. The van der Waals surface area contributed by atoms with Crippen molar-refractivity contribution in [1.29, 1.82) is 0 Å². The first-order chi connectivity index (χ1) is 16.5. The minimum atomic E-state index is -0.373. The fourth-order valence-corrected chi connectivity index (χ4v) is 6.51. The first-order valence-corrected chi connectivity index (χ1v) is 12.5. The Morgan fingerprint density at radius 1 is 0.765 bits per heavy atom. The Labute approximate surface area is 204 Å². The van der Waals surface area contributed by atoms with Crippen LogP contribution >= 0.6 is 0 Å². The standard InChI is InChI=1S/C28H40O6/c1-5-11-31-17-19(3)27(29)33-13-9-21-7-8-24-23-15-22(25(16-23)26(21)24)10-14-34-28(30)20(4)18-32-12-6-2/h5-6,21-26H,1-4,7-18H2. The van der Waals surface area contributed by atoms with Gasteiger partial charge in [0.15, 0.2) is 0 Å². The van der Waals surface area contributed by atoms with E-state index in [0.717, 1.165) is 24.7 Å². The van der Waals surface area contributed by atoms with Crippen molar-refractivity contribution in [1.82, 2.24) is 0 Å². The van der Waals surface area contributed by atoms with Crippen molar-refractivity contribution in [2.75, 3.05) is 39.6 Å². The van der Waals surface area contributed by atoms with Crippen LogP contribution < -0.4 is 0 Å². The van der Waals surface area contributed by atoms with Crippen molar-refractivity contribution in [2.45, 2.75) is 38.5 Å². The molecule has 34 heavy (non-hydrogen) atoms. The molecular formula is C28H40O6. The topological polar surface area (TPSA) is 71.1 Å². The normalized spacial score (nSPS) is 28.8. The summed E-state index contributed by atoms with van der Waals surface area (Å²) in [6, 6.07) is 0. The molecule has 6 heteroatoms. The summed E-state index contributed by atoms with van der Waals surface area (Å²) in [7, 11) is 0. The van der Waals surface area contributed by atoms with E-state index >= 15 is 0 Å². The average molecular weight is 473 g/mol. The second-order valence-electron chi connectivity index (χ2n) is 9.90. The average Bonchev–Trinajstić information content (AvgIpc) is 3.52. The SMILES string of the molecule is C=CCOCC(=C)C(=O)OCCC1CC2CC1C1C(CCOC(=O)C(=C)COCC=C)CCC21. The lowest BCUT2D eigenvalue weighted by Crippen LogP contribution is -2.30.